The molecule has 3 aliphatic heterocycles. The predicted molar refractivity (Wildman–Crippen MR) is 53.3 cm³/mol. The van der Waals surface area contributed by atoms with E-state index in [0.717, 1.165) is 0 Å². The first kappa shape index (κ1) is 10.9. The minimum Gasteiger partial charge on any atom is -0.338 e. The third-order valence-electron chi connectivity index (χ3n) is 3.58. The molecule has 3 saturated heterocycles. The lowest BCUT2D eigenvalue weighted by atomic mass is 9.88. The van der Waals surface area contributed by atoms with Gasteiger partial charge < -0.3 is 9.47 Å². The topological polar surface area (TPSA) is 49.5 Å². The molecule has 1 spiro atoms. The first-order valence-corrected chi connectivity index (χ1v) is 5.75. The Labute approximate surface area is 94.9 Å². The minimum absolute atomic E-state index is 0.00347. The fourth-order valence-corrected chi connectivity index (χ4v) is 1.93. The molecule has 0 aromatic heterocycles. The molecule has 5 nitrogen and oxygen atoms in total. The zero-order valence-corrected chi connectivity index (χ0v) is 10.1. The average molecular weight is 230 g/mol. The number of hydrogen-bond donors (Lipinski definition) is 0. The molecule has 0 bridgehead atoms. The summed E-state index contributed by atoms with van der Waals surface area (Å²) >= 11 is 0. The molecule has 3 fully saturated rings. The van der Waals surface area contributed by atoms with Crippen LogP contribution in [0.15, 0.2) is 0 Å². The predicted octanol–water partition coefficient (Wildman–Crippen LogP) is 1.22. The van der Waals surface area contributed by atoms with Gasteiger partial charge in [-0.15, -0.1) is 0 Å². The Morgan fingerprint density at radius 2 is 1.81 bits per heavy atom. The van der Waals surface area contributed by atoms with Crippen molar-refractivity contribution in [3.63, 3.8) is 0 Å². The molecule has 5 heteroatoms. The van der Waals surface area contributed by atoms with E-state index in [2.05, 4.69) is 13.8 Å². The normalized spacial score (nSPS) is 54.8. The van der Waals surface area contributed by atoms with E-state index in [-0.39, 0.29) is 30.0 Å². The highest BCUT2D eigenvalue weighted by atomic mass is 17.1. The van der Waals surface area contributed by atoms with Crippen LogP contribution in [-0.2, 0) is 23.7 Å². The van der Waals surface area contributed by atoms with Crippen molar-refractivity contribution in [2.45, 2.75) is 58.5 Å². The van der Waals surface area contributed by atoms with Gasteiger partial charge in [0, 0.05) is 5.41 Å². The first-order valence-electron chi connectivity index (χ1n) is 5.75. The van der Waals surface area contributed by atoms with Crippen LogP contribution in [0, 0.1) is 5.41 Å². The number of hydrogen-bond acceptors (Lipinski definition) is 5. The third kappa shape index (κ3) is 1.58. The Morgan fingerprint density at radius 3 is 2.44 bits per heavy atom. The van der Waals surface area contributed by atoms with E-state index in [1.807, 2.05) is 13.8 Å². The SMILES string of the molecule is CC1OC2(OCC(C)(C)C(C)O2)OC2OC12. The van der Waals surface area contributed by atoms with Crippen molar-refractivity contribution in [3.05, 3.63) is 0 Å². The van der Waals surface area contributed by atoms with Gasteiger partial charge in [0.25, 0.3) is 0 Å². The summed E-state index contributed by atoms with van der Waals surface area (Å²) in [4.78, 5) is 0. The highest BCUT2D eigenvalue weighted by molar-refractivity contribution is 4.89. The molecule has 3 heterocycles. The van der Waals surface area contributed by atoms with Crippen molar-refractivity contribution in [2.75, 3.05) is 6.61 Å². The summed E-state index contributed by atoms with van der Waals surface area (Å²) in [5.74, 6) is 0. The Kier molecular flexibility index (Phi) is 2.17. The Hall–Kier alpha value is -0.200. The highest BCUT2D eigenvalue weighted by Crippen LogP contribution is 2.45. The van der Waals surface area contributed by atoms with Crippen LogP contribution in [0.4, 0.5) is 0 Å². The summed E-state index contributed by atoms with van der Waals surface area (Å²) in [7, 11) is 0. The molecule has 3 rings (SSSR count). The zero-order valence-electron chi connectivity index (χ0n) is 10.1. The minimum atomic E-state index is -1.36. The van der Waals surface area contributed by atoms with E-state index in [9.17, 15) is 0 Å². The third-order valence-corrected chi connectivity index (χ3v) is 3.58. The van der Waals surface area contributed by atoms with Crippen LogP contribution in [0.1, 0.15) is 27.7 Å². The molecule has 5 unspecified atom stereocenters. The van der Waals surface area contributed by atoms with Gasteiger partial charge in [-0.1, -0.05) is 13.8 Å². The molecule has 92 valence electrons. The van der Waals surface area contributed by atoms with E-state index >= 15 is 0 Å². The summed E-state index contributed by atoms with van der Waals surface area (Å²) in [5.41, 5.74) is -0.0392. The van der Waals surface area contributed by atoms with E-state index in [0.29, 0.717) is 6.61 Å². The van der Waals surface area contributed by atoms with E-state index in [1.165, 1.54) is 0 Å². The average Bonchev–Trinajstić information content (AvgIpc) is 2.92. The Morgan fingerprint density at radius 1 is 1.06 bits per heavy atom. The molecule has 5 atom stereocenters. The molecular weight excluding hydrogens is 212 g/mol. The number of epoxide rings is 1. The van der Waals surface area contributed by atoms with Crippen LogP contribution in [0.25, 0.3) is 0 Å². The van der Waals surface area contributed by atoms with Crippen LogP contribution >= 0.6 is 0 Å². The lowest BCUT2D eigenvalue weighted by molar-refractivity contribution is -0.554. The fourth-order valence-electron chi connectivity index (χ4n) is 1.93. The quantitative estimate of drug-likeness (QED) is 0.586. The van der Waals surface area contributed by atoms with Crippen LogP contribution in [0.2, 0.25) is 0 Å². The van der Waals surface area contributed by atoms with Gasteiger partial charge in [0.05, 0.1) is 18.8 Å². The Balaban J connectivity index is 1.75. The van der Waals surface area contributed by atoms with Gasteiger partial charge in [-0.2, -0.15) is 0 Å². The Bertz CT molecular complexity index is 305. The van der Waals surface area contributed by atoms with Gasteiger partial charge in [-0.25, -0.2) is 0 Å². The molecule has 0 N–H and O–H groups in total. The second-order valence-electron chi connectivity index (χ2n) is 5.45. The van der Waals surface area contributed by atoms with Crippen LogP contribution < -0.4 is 0 Å². The molecule has 3 aliphatic rings. The number of fused-ring (bicyclic) bond motifs is 1. The fraction of sp³-hybridized carbons (Fsp3) is 1.00. The van der Waals surface area contributed by atoms with E-state index in [1.54, 1.807) is 0 Å². The molecule has 16 heavy (non-hydrogen) atoms. The molecule has 0 amide bonds. The second kappa shape index (κ2) is 3.17. The standard InChI is InChI=1S/C11H18O5/c1-6-8-9(13-8)16-11(14-6)12-5-10(3,4)7(2)15-11/h6-9H,5H2,1-4H3. The van der Waals surface area contributed by atoms with Crippen LogP contribution in [0.5, 0.6) is 0 Å². The molecular formula is C11H18O5. The number of rotatable bonds is 0. The smallest absolute Gasteiger partial charge is 0.338 e. The largest absolute Gasteiger partial charge is 0.415 e. The molecule has 0 aliphatic carbocycles. The van der Waals surface area contributed by atoms with Gasteiger partial charge in [-0.05, 0) is 13.8 Å². The van der Waals surface area contributed by atoms with Crippen molar-refractivity contribution < 1.29 is 23.7 Å². The van der Waals surface area contributed by atoms with E-state index in [4.69, 9.17) is 23.7 Å². The maximum Gasteiger partial charge on any atom is 0.415 e. The maximum absolute atomic E-state index is 5.75. The van der Waals surface area contributed by atoms with E-state index < -0.39 is 6.16 Å². The summed E-state index contributed by atoms with van der Waals surface area (Å²) in [6.45, 7) is 8.66. The van der Waals surface area contributed by atoms with Gasteiger partial charge in [0.15, 0.2) is 6.29 Å². The van der Waals surface area contributed by atoms with Gasteiger partial charge in [0.2, 0.25) is 0 Å². The molecule has 0 aromatic rings. The summed E-state index contributed by atoms with van der Waals surface area (Å²) in [6.07, 6.45) is -1.62. The van der Waals surface area contributed by atoms with Crippen molar-refractivity contribution in [2.24, 2.45) is 5.41 Å². The van der Waals surface area contributed by atoms with Gasteiger partial charge in [0.1, 0.15) is 6.10 Å². The lowest BCUT2D eigenvalue weighted by Gasteiger charge is -2.47. The van der Waals surface area contributed by atoms with Crippen LogP contribution in [-0.4, -0.2) is 37.4 Å². The van der Waals surface area contributed by atoms with Crippen molar-refractivity contribution in [3.8, 4) is 0 Å². The lowest BCUT2D eigenvalue weighted by Crippen LogP contribution is -2.58. The zero-order chi connectivity index (χ0) is 11.6. The maximum atomic E-state index is 5.75. The summed E-state index contributed by atoms with van der Waals surface area (Å²) in [6, 6.07) is 0. The summed E-state index contributed by atoms with van der Waals surface area (Å²) < 4.78 is 27.8. The first-order chi connectivity index (χ1) is 7.42. The second-order valence-corrected chi connectivity index (χ2v) is 5.45. The highest BCUT2D eigenvalue weighted by Gasteiger charge is 2.61. The monoisotopic (exact) mass is 230 g/mol. The molecule has 0 radical (unpaired) electrons. The van der Waals surface area contributed by atoms with Gasteiger partial charge in [-0.3, -0.25) is 14.2 Å². The van der Waals surface area contributed by atoms with Gasteiger partial charge >= 0.3 is 6.16 Å². The molecule has 0 aromatic carbocycles. The number of ether oxygens (including phenoxy) is 5. The van der Waals surface area contributed by atoms with Crippen molar-refractivity contribution in [1.82, 2.24) is 0 Å². The van der Waals surface area contributed by atoms with Crippen LogP contribution in [0.3, 0.4) is 0 Å². The van der Waals surface area contributed by atoms with Crippen molar-refractivity contribution in [1.29, 1.82) is 0 Å². The molecule has 0 saturated carbocycles. The van der Waals surface area contributed by atoms with Crippen molar-refractivity contribution >= 4 is 0 Å². The summed E-state index contributed by atoms with van der Waals surface area (Å²) in [5, 5.41) is 0.